The average Bonchev–Trinajstić information content (AvgIpc) is 2.48. The first-order chi connectivity index (χ1) is 9.70. The van der Waals surface area contributed by atoms with E-state index in [2.05, 4.69) is 15.2 Å². The van der Waals surface area contributed by atoms with Crippen molar-refractivity contribution in [3.63, 3.8) is 0 Å². The van der Waals surface area contributed by atoms with E-state index in [1.807, 2.05) is 37.3 Å². The predicted octanol–water partition coefficient (Wildman–Crippen LogP) is 3.66. The molecule has 2 heterocycles. The van der Waals surface area contributed by atoms with Crippen LogP contribution in [0.15, 0.2) is 36.5 Å². The first kappa shape index (κ1) is 12.8. The molecular weight excluding hydrogens is 274 g/mol. The van der Waals surface area contributed by atoms with Crippen LogP contribution in [0.25, 0.3) is 22.2 Å². The molecule has 100 valence electrons. The maximum absolute atomic E-state index is 6.07. The van der Waals surface area contributed by atoms with Gasteiger partial charge in [-0.2, -0.15) is 0 Å². The lowest BCUT2D eigenvalue weighted by Crippen LogP contribution is -1.96. The SMILES string of the molecule is COc1cc(C)ccc1-c1nnc(Cl)c2cccnc12. The normalized spacial score (nSPS) is 10.8. The van der Waals surface area contributed by atoms with Crippen molar-refractivity contribution in [3.8, 4) is 17.0 Å². The fourth-order valence-electron chi connectivity index (χ4n) is 2.13. The van der Waals surface area contributed by atoms with Gasteiger partial charge in [0.2, 0.25) is 0 Å². The zero-order valence-corrected chi connectivity index (χ0v) is 11.8. The lowest BCUT2D eigenvalue weighted by molar-refractivity contribution is 0.416. The van der Waals surface area contributed by atoms with Crippen molar-refractivity contribution in [1.82, 2.24) is 15.2 Å². The fourth-order valence-corrected chi connectivity index (χ4v) is 2.32. The Bertz CT molecular complexity index is 789. The van der Waals surface area contributed by atoms with Gasteiger partial charge in [-0.25, -0.2) is 0 Å². The summed E-state index contributed by atoms with van der Waals surface area (Å²) in [7, 11) is 1.64. The number of hydrogen-bond donors (Lipinski definition) is 0. The molecule has 20 heavy (non-hydrogen) atoms. The highest BCUT2D eigenvalue weighted by molar-refractivity contribution is 6.34. The largest absolute Gasteiger partial charge is 0.496 e. The van der Waals surface area contributed by atoms with Crippen molar-refractivity contribution in [2.24, 2.45) is 0 Å². The molecule has 0 aliphatic heterocycles. The van der Waals surface area contributed by atoms with Crippen LogP contribution in [0.5, 0.6) is 5.75 Å². The zero-order chi connectivity index (χ0) is 14.1. The van der Waals surface area contributed by atoms with Gasteiger partial charge in [-0.15, -0.1) is 10.2 Å². The van der Waals surface area contributed by atoms with E-state index in [1.54, 1.807) is 13.3 Å². The molecule has 4 nitrogen and oxygen atoms in total. The second-order valence-corrected chi connectivity index (χ2v) is 4.80. The number of ether oxygens (including phenoxy) is 1. The van der Waals surface area contributed by atoms with Crippen molar-refractivity contribution in [2.45, 2.75) is 6.92 Å². The van der Waals surface area contributed by atoms with Crippen LogP contribution in [0.4, 0.5) is 0 Å². The molecule has 3 aromatic rings. The molecule has 0 unspecified atom stereocenters. The third kappa shape index (κ3) is 2.08. The average molecular weight is 286 g/mol. The summed E-state index contributed by atoms with van der Waals surface area (Å²) in [4.78, 5) is 4.37. The van der Waals surface area contributed by atoms with Gasteiger partial charge in [0.25, 0.3) is 0 Å². The Balaban J connectivity index is 2.33. The Labute approximate surface area is 121 Å². The maximum atomic E-state index is 6.07. The van der Waals surface area contributed by atoms with Gasteiger partial charge in [0.1, 0.15) is 17.0 Å². The molecule has 0 saturated heterocycles. The van der Waals surface area contributed by atoms with Gasteiger partial charge in [-0.1, -0.05) is 17.7 Å². The number of aromatic nitrogens is 3. The summed E-state index contributed by atoms with van der Waals surface area (Å²) in [6, 6.07) is 9.62. The number of halogens is 1. The summed E-state index contributed by atoms with van der Waals surface area (Å²) in [6.45, 7) is 2.01. The number of methoxy groups -OCH3 is 1. The van der Waals surface area contributed by atoms with E-state index in [4.69, 9.17) is 16.3 Å². The first-order valence-corrected chi connectivity index (χ1v) is 6.50. The molecule has 5 heteroatoms. The highest BCUT2D eigenvalue weighted by atomic mass is 35.5. The van der Waals surface area contributed by atoms with E-state index in [0.717, 1.165) is 27.8 Å². The van der Waals surface area contributed by atoms with Gasteiger partial charge in [0.15, 0.2) is 5.15 Å². The van der Waals surface area contributed by atoms with Gasteiger partial charge >= 0.3 is 0 Å². The minimum atomic E-state index is 0.350. The highest BCUT2D eigenvalue weighted by Crippen LogP contribution is 2.34. The number of hydrogen-bond acceptors (Lipinski definition) is 4. The van der Waals surface area contributed by atoms with E-state index in [0.29, 0.717) is 10.8 Å². The predicted molar refractivity (Wildman–Crippen MR) is 79.1 cm³/mol. The Morgan fingerprint density at radius 3 is 2.80 bits per heavy atom. The number of nitrogens with zero attached hydrogens (tertiary/aromatic N) is 3. The molecular formula is C15H12ClN3O. The van der Waals surface area contributed by atoms with Crippen LogP contribution in [-0.2, 0) is 0 Å². The van der Waals surface area contributed by atoms with E-state index in [1.165, 1.54) is 0 Å². The summed E-state index contributed by atoms with van der Waals surface area (Å²) >= 11 is 6.07. The topological polar surface area (TPSA) is 47.9 Å². The van der Waals surface area contributed by atoms with Gasteiger partial charge in [0, 0.05) is 17.1 Å². The molecule has 1 aromatic carbocycles. The Hall–Kier alpha value is -2.20. The van der Waals surface area contributed by atoms with Crippen molar-refractivity contribution >= 4 is 22.5 Å². The van der Waals surface area contributed by atoms with Crippen LogP contribution < -0.4 is 4.74 Å². The van der Waals surface area contributed by atoms with Crippen LogP contribution in [0, 0.1) is 6.92 Å². The first-order valence-electron chi connectivity index (χ1n) is 6.12. The number of pyridine rings is 1. The molecule has 0 atom stereocenters. The van der Waals surface area contributed by atoms with Crippen molar-refractivity contribution < 1.29 is 4.74 Å². The Morgan fingerprint density at radius 1 is 1.15 bits per heavy atom. The quantitative estimate of drug-likeness (QED) is 0.721. The molecule has 0 spiro atoms. The van der Waals surface area contributed by atoms with E-state index < -0.39 is 0 Å². The number of rotatable bonds is 2. The highest BCUT2D eigenvalue weighted by Gasteiger charge is 2.14. The minimum Gasteiger partial charge on any atom is -0.496 e. The van der Waals surface area contributed by atoms with Gasteiger partial charge in [-0.3, -0.25) is 4.98 Å². The van der Waals surface area contributed by atoms with E-state index in [9.17, 15) is 0 Å². The molecule has 2 aromatic heterocycles. The minimum absolute atomic E-state index is 0.350. The summed E-state index contributed by atoms with van der Waals surface area (Å²) < 4.78 is 5.43. The van der Waals surface area contributed by atoms with Gasteiger partial charge in [-0.05, 0) is 36.8 Å². The van der Waals surface area contributed by atoms with Gasteiger partial charge < -0.3 is 4.74 Å². The number of fused-ring (bicyclic) bond motifs is 1. The second kappa shape index (κ2) is 5.06. The van der Waals surface area contributed by atoms with E-state index in [-0.39, 0.29) is 0 Å². The third-order valence-corrected chi connectivity index (χ3v) is 3.38. The van der Waals surface area contributed by atoms with Crippen molar-refractivity contribution in [2.75, 3.05) is 7.11 Å². The van der Waals surface area contributed by atoms with Crippen molar-refractivity contribution in [1.29, 1.82) is 0 Å². The fraction of sp³-hybridized carbons (Fsp3) is 0.133. The number of aryl methyl sites for hydroxylation is 1. The van der Waals surface area contributed by atoms with Crippen LogP contribution in [0.1, 0.15) is 5.56 Å². The van der Waals surface area contributed by atoms with Crippen LogP contribution in [0.2, 0.25) is 5.15 Å². The van der Waals surface area contributed by atoms with Crippen molar-refractivity contribution in [3.05, 3.63) is 47.2 Å². The number of benzene rings is 1. The molecule has 0 saturated carbocycles. The monoisotopic (exact) mass is 285 g/mol. The standard InChI is InChI=1S/C15H12ClN3O/c1-9-5-6-10(12(8-9)20-2)14-13-11(4-3-7-17-13)15(16)19-18-14/h3-8H,1-2H3. The molecule has 0 bridgehead atoms. The molecule has 3 rings (SSSR count). The third-order valence-electron chi connectivity index (χ3n) is 3.10. The van der Waals surface area contributed by atoms with Crippen LogP contribution >= 0.6 is 11.6 Å². The molecule has 0 aliphatic rings. The van der Waals surface area contributed by atoms with Gasteiger partial charge in [0.05, 0.1) is 7.11 Å². The molecule has 0 N–H and O–H groups in total. The summed E-state index contributed by atoms with van der Waals surface area (Å²) in [5.41, 5.74) is 3.35. The molecule has 0 radical (unpaired) electrons. The van der Waals surface area contributed by atoms with E-state index >= 15 is 0 Å². The second-order valence-electron chi connectivity index (χ2n) is 4.44. The van der Waals surface area contributed by atoms with Crippen LogP contribution in [0.3, 0.4) is 0 Å². The molecule has 0 fully saturated rings. The lowest BCUT2D eigenvalue weighted by Gasteiger charge is -2.10. The summed E-state index contributed by atoms with van der Waals surface area (Å²) in [6.07, 6.45) is 1.71. The zero-order valence-electron chi connectivity index (χ0n) is 11.1. The summed E-state index contributed by atoms with van der Waals surface area (Å²) in [5, 5.41) is 9.32. The molecule has 0 aliphatic carbocycles. The summed E-state index contributed by atoms with van der Waals surface area (Å²) in [5.74, 6) is 0.744. The molecule has 0 amide bonds. The Morgan fingerprint density at radius 2 is 2.00 bits per heavy atom. The maximum Gasteiger partial charge on any atom is 0.161 e. The van der Waals surface area contributed by atoms with Crippen LogP contribution in [-0.4, -0.2) is 22.3 Å². The smallest absolute Gasteiger partial charge is 0.161 e. The lowest BCUT2D eigenvalue weighted by atomic mass is 10.1. The Kier molecular flexibility index (Phi) is 3.24.